The van der Waals surface area contributed by atoms with Crippen LogP contribution in [0.3, 0.4) is 0 Å². The van der Waals surface area contributed by atoms with Gasteiger partial charge in [0.15, 0.2) is 0 Å². The number of hydrogen-bond acceptors (Lipinski definition) is 3. The Hall–Kier alpha value is -0.900. The molecule has 1 saturated heterocycles. The lowest BCUT2D eigenvalue weighted by molar-refractivity contribution is 0.0326. The second-order valence-corrected chi connectivity index (χ2v) is 7.00. The lowest BCUT2D eigenvalue weighted by atomic mass is 10.0. The van der Waals surface area contributed by atoms with Gasteiger partial charge in [-0.1, -0.05) is 37.1 Å². The minimum Gasteiger partial charge on any atom is -0.396 e. The number of piperazine rings is 1. The van der Waals surface area contributed by atoms with Gasteiger partial charge in [0.05, 0.1) is 0 Å². The van der Waals surface area contributed by atoms with Crippen molar-refractivity contribution in [2.75, 3.05) is 26.2 Å². The molecule has 1 atom stereocenters. The zero-order valence-corrected chi connectivity index (χ0v) is 13.9. The molecule has 1 saturated carbocycles. The SMILES string of the molecule is Cc1ccccc1CN1CCN(C2CCCC2)CC1CCO. The smallest absolute Gasteiger partial charge is 0.0446 e. The third-order valence-corrected chi connectivity index (χ3v) is 5.57. The third-order valence-electron chi connectivity index (χ3n) is 5.57. The predicted octanol–water partition coefficient (Wildman–Crippen LogP) is 2.81. The summed E-state index contributed by atoms with van der Waals surface area (Å²) in [5.74, 6) is 0. The van der Waals surface area contributed by atoms with Crippen molar-refractivity contribution >= 4 is 0 Å². The summed E-state index contributed by atoms with van der Waals surface area (Å²) in [4.78, 5) is 5.28. The molecule has 0 amide bonds. The topological polar surface area (TPSA) is 26.7 Å². The summed E-state index contributed by atoms with van der Waals surface area (Å²) in [6, 6.07) is 10.0. The molecular formula is C19H30N2O. The molecule has 1 aromatic carbocycles. The van der Waals surface area contributed by atoms with Crippen LogP contribution in [0.2, 0.25) is 0 Å². The highest BCUT2D eigenvalue weighted by Crippen LogP contribution is 2.27. The summed E-state index contributed by atoms with van der Waals surface area (Å²) < 4.78 is 0. The van der Waals surface area contributed by atoms with Crippen LogP contribution >= 0.6 is 0 Å². The molecule has 0 spiro atoms. The minimum atomic E-state index is 0.299. The van der Waals surface area contributed by atoms with E-state index in [4.69, 9.17) is 0 Å². The average Bonchev–Trinajstić information content (AvgIpc) is 3.06. The van der Waals surface area contributed by atoms with Crippen molar-refractivity contribution in [3.05, 3.63) is 35.4 Å². The summed E-state index contributed by atoms with van der Waals surface area (Å²) in [5, 5.41) is 9.46. The van der Waals surface area contributed by atoms with E-state index in [1.807, 2.05) is 0 Å². The number of hydrogen-bond donors (Lipinski definition) is 1. The monoisotopic (exact) mass is 302 g/mol. The summed E-state index contributed by atoms with van der Waals surface area (Å²) in [5.41, 5.74) is 2.81. The van der Waals surface area contributed by atoms with E-state index in [1.54, 1.807) is 0 Å². The summed E-state index contributed by atoms with van der Waals surface area (Å²) in [6.45, 7) is 6.99. The second kappa shape index (κ2) is 7.58. The molecule has 22 heavy (non-hydrogen) atoms. The molecule has 2 aliphatic rings. The van der Waals surface area contributed by atoms with Gasteiger partial charge in [-0.2, -0.15) is 0 Å². The van der Waals surface area contributed by atoms with Crippen LogP contribution < -0.4 is 0 Å². The van der Waals surface area contributed by atoms with Crippen molar-refractivity contribution in [2.45, 2.75) is 57.7 Å². The molecule has 122 valence electrons. The van der Waals surface area contributed by atoms with Crippen LogP contribution in [0, 0.1) is 6.92 Å². The first kappa shape index (κ1) is 16.0. The van der Waals surface area contributed by atoms with Crippen molar-refractivity contribution in [1.29, 1.82) is 0 Å². The quantitative estimate of drug-likeness (QED) is 0.906. The van der Waals surface area contributed by atoms with Gasteiger partial charge in [-0.05, 0) is 37.3 Å². The molecule has 1 aliphatic heterocycles. The van der Waals surface area contributed by atoms with E-state index in [0.717, 1.165) is 32.1 Å². The first-order valence-electron chi connectivity index (χ1n) is 8.91. The van der Waals surface area contributed by atoms with E-state index in [1.165, 1.54) is 43.4 Å². The zero-order chi connectivity index (χ0) is 15.4. The number of rotatable bonds is 5. The Bertz CT molecular complexity index is 470. The Morgan fingerprint density at radius 2 is 1.91 bits per heavy atom. The molecule has 0 bridgehead atoms. The average molecular weight is 302 g/mol. The largest absolute Gasteiger partial charge is 0.396 e. The van der Waals surface area contributed by atoms with E-state index in [0.29, 0.717) is 12.6 Å². The van der Waals surface area contributed by atoms with Gasteiger partial charge in [0, 0.05) is 44.9 Å². The number of nitrogens with zero attached hydrogens (tertiary/aromatic N) is 2. The van der Waals surface area contributed by atoms with Crippen LogP contribution in [0.4, 0.5) is 0 Å². The van der Waals surface area contributed by atoms with Gasteiger partial charge in [0.1, 0.15) is 0 Å². The maximum absolute atomic E-state index is 9.46. The summed E-state index contributed by atoms with van der Waals surface area (Å²) in [6.07, 6.45) is 6.46. The molecule has 1 heterocycles. The number of benzene rings is 1. The normalized spacial score (nSPS) is 24.9. The Balaban J connectivity index is 1.65. The van der Waals surface area contributed by atoms with Crippen LogP contribution in [-0.2, 0) is 6.54 Å². The molecule has 1 N–H and O–H groups in total. The predicted molar refractivity (Wildman–Crippen MR) is 90.9 cm³/mol. The summed E-state index contributed by atoms with van der Waals surface area (Å²) in [7, 11) is 0. The van der Waals surface area contributed by atoms with Crippen molar-refractivity contribution in [2.24, 2.45) is 0 Å². The first-order chi connectivity index (χ1) is 10.8. The number of aryl methyl sites for hydroxylation is 1. The van der Waals surface area contributed by atoms with E-state index < -0.39 is 0 Å². The van der Waals surface area contributed by atoms with Crippen LogP contribution in [0.25, 0.3) is 0 Å². The van der Waals surface area contributed by atoms with Gasteiger partial charge < -0.3 is 5.11 Å². The van der Waals surface area contributed by atoms with E-state index in [-0.39, 0.29) is 0 Å². The van der Waals surface area contributed by atoms with E-state index in [2.05, 4.69) is 41.0 Å². The zero-order valence-electron chi connectivity index (χ0n) is 13.9. The summed E-state index contributed by atoms with van der Waals surface area (Å²) >= 11 is 0. The Morgan fingerprint density at radius 1 is 1.14 bits per heavy atom. The lowest BCUT2D eigenvalue weighted by Gasteiger charge is -2.44. The molecule has 1 aliphatic carbocycles. The number of aliphatic hydroxyl groups excluding tert-OH is 1. The van der Waals surface area contributed by atoms with Crippen LogP contribution in [0.5, 0.6) is 0 Å². The second-order valence-electron chi connectivity index (χ2n) is 7.00. The maximum atomic E-state index is 9.46. The molecule has 3 nitrogen and oxygen atoms in total. The van der Waals surface area contributed by atoms with Crippen molar-refractivity contribution in [3.63, 3.8) is 0 Å². The van der Waals surface area contributed by atoms with Gasteiger partial charge in [-0.15, -0.1) is 0 Å². The number of aliphatic hydroxyl groups is 1. The first-order valence-corrected chi connectivity index (χ1v) is 8.91. The van der Waals surface area contributed by atoms with Gasteiger partial charge >= 0.3 is 0 Å². The molecule has 3 heteroatoms. The third kappa shape index (κ3) is 3.70. The molecule has 2 fully saturated rings. The fourth-order valence-electron chi connectivity index (χ4n) is 4.16. The van der Waals surface area contributed by atoms with Gasteiger partial charge in [-0.25, -0.2) is 0 Å². The van der Waals surface area contributed by atoms with Crippen LogP contribution in [0.15, 0.2) is 24.3 Å². The highest BCUT2D eigenvalue weighted by molar-refractivity contribution is 5.25. The van der Waals surface area contributed by atoms with E-state index >= 15 is 0 Å². The fraction of sp³-hybridized carbons (Fsp3) is 0.684. The standard InChI is InChI=1S/C19H30N2O/c1-16-6-2-3-7-17(16)14-20-11-12-21(15-19(20)10-13-22)18-8-4-5-9-18/h2-3,6-7,18-19,22H,4-5,8-15H2,1H3. The molecule has 1 unspecified atom stereocenters. The maximum Gasteiger partial charge on any atom is 0.0446 e. The van der Waals surface area contributed by atoms with Gasteiger partial charge in [0.2, 0.25) is 0 Å². The Morgan fingerprint density at radius 3 is 2.64 bits per heavy atom. The van der Waals surface area contributed by atoms with Gasteiger partial charge in [-0.3, -0.25) is 9.80 Å². The van der Waals surface area contributed by atoms with E-state index in [9.17, 15) is 5.11 Å². The molecule has 1 aromatic rings. The highest BCUT2D eigenvalue weighted by Gasteiger charge is 2.31. The molecule has 3 rings (SSSR count). The minimum absolute atomic E-state index is 0.299. The van der Waals surface area contributed by atoms with Crippen LogP contribution in [-0.4, -0.2) is 53.2 Å². The van der Waals surface area contributed by atoms with Crippen molar-refractivity contribution in [3.8, 4) is 0 Å². The highest BCUT2D eigenvalue weighted by atomic mass is 16.3. The lowest BCUT2D eigenvalue weighted by Crippen LogP contribution is -2.55. The fourth-order valence-corrected chi connectivity index (χ4v) is 4.16. The Labute approximate surface area is 134 Å². The van der Waals surface area contributed by atoms with Crippen molar-refractivity contribution in [1.82, 2.24) is 9.80 Å². The Kier molecular flexibility index (Phi) is 5.51. The molecule has 0 aromatic heterocycles. The van der Waals surface area contributed by atoms with Crippen molar-refractivity contribution < 1.29 is 5.11 Å². The molecular weight excluding hydrogens is 272 g/mol. The van der Waals surface area contributed by atoms with Crippen LogP contribution in [0.1, 0.15) is 43.2 Å². The molecule has 0 radical (unpaired) electrons. The van der Waals surface area contributed by atoms with Gasteiger partial charge in [0.25, 0.3) is 0 Å².